The number of ether oxygens (including phenoxy) is 1. The van der Waals surface area contributed by atoms with E-state index in [1.807, 2.05) is 0 Å². The van der Waals surface area contributed by atoms with Crippen molar-refractivity contribution in [3.63, 3.8) is 0 Å². The van der Waals surface area contributed by atoms with Crippen LogP contribution >= 0.6 is 19.2 Å². The second-order valence-electron chi connectivity index (χ2n) is 4.63. The van der Waals surface area contributed by atoms with Crippen LogP contribution in [-0.2, 0) is 18.4 Å². The van der Waals surface area contributed by atoms with E-state index in [-0.39, 0.29) is 11.9 Å². The summed E-state index contributed by atoms with van der Waals surface area (Å²) in [5.41, 5.74) is -1.17. The van der Waals surface area contributed by atoms with Crippen LogP contribution in [-0.4, -0.2) is 31.8 Å². The molecule has 112 valence electrons. The Balaban J connectivity index is 2.83. The van der Waals surface area contributed by atoms with Crippen molar-refractivity contribution in [2.75, 3.05) is 20.4 Å². The first kappa shape index (κ1) is 17.2. The van der Waals surface area contributed by atoms with Gasteiger partial charge in [-0.05, 0) is 32.0 Å². The molecule has 0 amide bonds. The fourth-order valence-corrected chi connectivity index (χ4v) is 2.77. The van der Waals surface area contributed by atoms with Crippen molar-refractivity contribution >= 4 is 25.0 Å². The van der Waals surface area contributed by atoms with E-state index in [1.54, 1.807) is 38.1 Å². The van der Waals surface area contributed by atoms with Crippen molar-refractivity contribution < 1.29 is 23.1 Å². The van der Waals surface area contributed by atoms with Crippen molar-refractivity contribution in [3.8, 4) is 5.75 Å². The van der Waals surface area contributed by atoms with Gasteiger partial charge in [-0.15, -0.1) is 0 Å². The summed E-state index contributed by atoms with van der Waals surface area (Å²) >= 11 is 5.86. The van der Waals surface area contributed by atoms with Gasteiger partial charge in [0.1, 0.15) is 11.9 Å². The Morgan fingerprint density at radius 3 is 2.40 bits per heavy atom. The number of Topliss-reactive ketones (excluding diaryl/α,β-unsaturated/α-hetero) is 1. The van der Waals surface area contributed by atoms with Crippen LogP contribution in [0.25, 0.3) is 0 Å². The molecule has 7 heteroatoms. The summed E-state index contributed by atoms with van der Waals surface area (Å²) in [6.45, 7) is 3.18. The Morgan fingerprint density at radius 1 is 1.30 bits per heavy atom. The van der Waals surface area contributed by atoms with Gasteiger partial charge in [-0.25, -0.2) is 0 Å². The maximum atomic E-state index is 12.2. The smallest absolute Gasteiger partial charge is 0.337 e. The summed E-state index contributed by atoms with van der Waals surface area (Å²) in [5.74, 6) is 0.0741. The van der Waals surface area contributed by atoms with Gasteiger partial charge in [0.05, 0.1) is 0 Å². The molecule has 20 heavy (non-hydrogen) atoms. The summed E-state index contributed by atoms with van der Waals surface area (Å²) in [6, 6.07) is 6.71. The molecule has 1 aromatic rings. The number of hydrogen-bond acceptors (Lipinski definition) is 5. The second-order valence-corrected chi connectivity index (χ2v) is 7.33. The topological polar surface area (TPSA) is 61.8 Å². The molecule has 0 saturated heterocycles. The lowest BCUT2D eigenvalue weighted by Crippen LogP contribution is -2.40. The van der Waals surface area contributed by atoms with Crippen LogP contribution in [0.5, 0.6) is 5.75 Å². The largest absolute Gasteiger partial charge is 0.480 e. The van der Waals surface area contributed by atoms with Crippen LogP contribution in [0.1, 0.15) is 13.8 Å². The molecular weight excluding hydrogens is 303 g/mol. The van der Waals surface area contributed by atoms with E-state index < -0.39 is 13.2 Å². The van der Waals surface area contributed by atoms with Gasteiger partial charge >= 0.3 is 7.60 Å². The molecule has 0 atom stereocenters. The molecule has 1 aromatic carbocycles. The van der Waals surface area contributed by atoms with Crippen LogP contribution in [0.4, 0.5) is 0 Å². The van der Waals surface area contributed by atoms with Gasteiger partial charge < -0.3 is 13.8 Å². The van der Waals surface area contributed by atoms with Crippen LogP contribution in [0, 0.1) is 0 Å². The number of benzene rings is 1. The fourth-order valence-electron chi connectivity index (χ4n) is 1.45. The van der Waals surface area contributed by atoms with E-state index in [9.17, 15) is 9.36 Å². The van der Waals surface area contributed by atoms with Gasteiger partial charge in [-0.2, -0.15) is 0 Å². The third-order valence-corrected chi connectivity index (χ3v) is 4.76. The number of halogens is 1. The maximum Gasteiger partial charge on any atom is 0.337 e. The van der Waals surface area contributed by atoms with Gasteiger partial charge in [0, 0.05) is 19.2 Å². The summed E-state index contributed by atoms with van der Waals surface area (Å²) in [7, 11) is -0.927. The molecule has 0 unspecified atom stereocenters. The van der Waals surface area contributed by atoms with Gasteiger partial charge in [-0.3, -0.25) is 9.36 Å². The molecule has 5 nitrogen and oxygen atoms in total. The Morgan fingerprint density at radius 2 is 1.90 bits per heavy atom. The highest BCUT2D eigenvalue weighted by Gasteiger charge is 2.36. The quantitative estimate of drug-likeness (QED) is 0.719. The van der Waals surface area contributed by atoms with E-state index in [0.717, 1.165) is 0 Å². The minimum atomic E-state index is -3.40. The SMILES string of the molecule is COP(=O)(CC(=O)C(C)(C)Oc1cccc(Cl)c1)OC. The molecule has 0 aliphatic heterocycles. The summed E-state index contributed by atoms with van der Waals surface area (Å²) in [4.78, 5) is 12.2. The lowest BCUT2D eigenvalue weighted by Gasteiger charge is -2.26. The Kier molecular flexibility index (Phi) is 5.78. The van der Waals surface area contributed by atoms with E-state index in [4.69, 9.17) is 25.4 Å². The normalized spacial score (nSPS) is 12.2. The fraction of sp³-hybridized carbons (Fsp3) is 0.462. The van der Waals surface area contributed by atoms with Crippen LogP contribution in [0.15, 0.2) is 24.3 Å². The minimum Gasteiger partial charge on any atom is -0.480 e. The highest BCUT2D eigenvalue weighted by molar-refractivity contribution is 7.54. The first-order chi connectivity index (χ1) is 9.22. The van der Waals surface area contributed by atoms with Crippen molar-refractivity contribution in [3.05, 3.63) is 29.3 Å². The second kappa shape index (κ2) is 6.72. The molecule has 0 bridgehead atoms. The molecule has 0 aliphatic rings. The Bertz CT molecular complexity index is 521. The Labute approximate surface area is 123 Å². The molecule has 0 aliphatic carbocycles. The third-order valence-electron chi connectivity index (χ3n) is 2.73. The van der Waals surface area contributed by atoms with Crippen molar-refractivity contribution in [1.29, 1.82) is 0 Å². The average Bonchev–Trinajstić information content (AvgIpc) is 2.38. The van der Waals surface area contributed by atoms with Crippen LogP contribution in [0.3, 0.4) is 0 Å². The summed E-state index contributed by atoms with van der Waals surface area (Å²) in [6.07, 6.45) is -0.354. The van der Waals surface area contributed by atoms with Crippen LogP contribution in [0.2, 0.25) is 5.02 Å². The monoisotopic (exact) mass is 320 g/mol. The van der Waals surface area contributed by atoms with E-state index >= 15 is 0 Å². The van der Waals surface area contributed by atoms with Gasteiger partial charge in [0.25, 0.3) is 0 Å². The van der Waals surface area contributed by atoms with Gasteiger partial charge in [0.2, 0.25) is 0 Å². The van der Waals surface area contributed by atoms with Crippen LogP contribution < -0.4 is 4.74 Å². The molecular formula is C13H18ClO5P. The maximum absolute atomic E-state index is 12.2. The highest BCUT2D eigenvalue weighted by atomic mass is 35.5. The predicted molar refractivity (Wildman–Crippen MR) is 77.7 cm³/mol. The van der Waals surface area contributed by atoms with Gasteiger partial charge in [0.15, 0.2) is 11.4 Å². The number of rotatable bonds is 7. The zero-order valence-corrected chi connectivity index (χ0v) is 13.5. The van der Waals surface area contributed by atoms with E-state index in [2.05, 4.69) is 0 Å². The highest BCUT2D eigenvalue weighted by Crippen LogP contribution is 2.47. The molecule has 0 fully saturated rings. The van der Waals surface area contributed by atoms with E-state index in [0.29, 0.717) is 10.8 Å². The molecule has 0 heterocycles. The molecule has 1 rings (SSSR count). The number of ketones is 1. The van der Waals surface area contributed by atoms with Gasteiger partial charge in [-0.1, -0.05) is 17.7 Å². The minimum absolute atomic E-state index is 0.354. The zero-order chi connectivity index (χ0) is 15.4. The Hall–Kier alpha value is -0.870. The number of carbonyl (C=O) groups is 1. The van der Waals surface area contributed by atoms with Crippen molar-refractivity contribution in [2.24, 2.45) is 0 Å². The van der Waals surface area contributed by atoms with Crippen molar-refractivity contribution in [2.45, 2.75) is 19.4 Å². The molecule has 0 saturated carbocycles. The number of carbonyl (C=O) groups excluding carboxylic acids is 1. The standard InChI is InChI=1S/C13H18ClO5P/c1-13(2,12(15)9-20(16,17-3)18-4)19-11-7-5-6-10(14)8-11/h5-8H,9H2,1-4H3. The lowest BCUT2D eigenvalue weighted by atomic mass is 10.1. The zero-order valence-electron chi connectivity index (χ0n) is 11.9. The summed E-state index contributed by atoms with van der Waals surface area (Å²) in [5, 5.41) is 0.505. The lowest BCUT2D eigenvalue weighted by molar-refractivity contribution is -0.129. The molecule has 0 radical (unpaired) electrons. The molecule has 0 N–H and O–H groups in total. The number of hydrogen-bond donors (Lipinski definition) is 0. The first-order valence-electron chi connectivity index (χ1n) is 5.91. The molecule has 0 aromatic heterocycles. The summed E-state index contributed by atoms with van der Waals surface area (Å²) < 4.78 is 27.1. The predicted octanol–water partition coefficient (Wildman–Crippen LogP) is 3.55. The van der Waals surface area contributed by atoms with E-state index in [1.165, 1.54) is 14.2 Å². The first-order valence-corrected chi connectivity index (χ1v) is 8.01. The molecule has 0 spiro atoms. The van der Waals surface area contributed by atoms with Crippen molar-refractivity contribution in [1.82, 2.24) is 0 Å². The average molecular weight is 321 g/mol. The third kappa shape index (κ3) is 4.60.